The van der Waals surface area contributed by atoms with Gasteiger partial charge in [-0.15, -0.1) is 0 Å². The molecule has 2 aromatic rings. The molecule has 25 heavy (non-hydrogen) atoms. The van der Waals surface area contributed by atoms with Crippen molar-refractivity contribution in [3.8, 4) is 0 Å². The van der Waals surface area contributed by atoms with Crippen molar-refractivity contribution < 1.29 is 22.9 Å². The molecule has 2 rings (SSSR count). The van der Waals surface area contributed by atoms with Crippen LogP contribution in [0.15, 0.2) is 45.8 Å². The van der Waals surface area contributed by atoms with Crippen molar-refractivity contribution in [3.05, 3.63) is 62.1 Å². The SMILES string of the molecule is COC(=O)c1cccc(S(=O)(=O)Nc2ccc(Br)c([N+](=O)[O-])c2)c1C. The van der Waals surface area contributed by atoms with Crippen LogP contribution in [0.25, 0.3) is 0 Å². The second-order valence-electron chi connectivity index (χ2n) is 4.95. The van der Waals surface area contributed by atoms with E-state index >= 15 is 0 Å². The zero-order valence-corrected chi connectivity index (χ0v) is 15.5. The normalized spacial score (nSPS) is 11.0. The van der Waals surface area contributed by atoms with Gasteiger partial charge in [0.1, 0.15) is 0 Å². The molecule has 0 atom stereocenters. The van der Waals surface area contributed by atoms with Crippen molar-refractivity contribution in [1.82, 2.24) is 0 Å². The molecule has 0 aliphatic rings. The minimum atomic E-state index is -4.06. The molecule has 2 aromatic carbocycles. The molecule has 0 aromatic heterocycles. The molecule has 1 N–H and O–H groups in total. The number of sulfonamides is 1. The number of hydrogen-bond donors (Lipinski definition) is 1. The van der Waals surface area contributed by atoms with Crippen LogP contribution in [-0.2, 0) is 14.8 Å². The fourth-order valence-electron chi connectivity index (χ4n) is 2.16. The molecular weight excluding hydrogens is 416 g/mol. The number of carbonyl (C=O) groups excluding carboxylic acids is 1. The molecule has 0 spiro atoms. The van der Waals surface area contributed by atoms with Gasteiger partial charge in [0.2, 0.25) is 0 Å². The summed E-state index contributed by atoms with van der Waals surface area (Å²) in [7, 11) is -2.86. The molecule has 0 aliphatic heterocycles. The van der Waals surface area contributed by atoms with E-state index in [-0.39, 0.29) is 31.9 Å². The first kappa shape index (κ1) is 18.9. The number of rotatable bonds is 5. The molecule has 0 aliphatic carbocycles. The van der Waals surface area contributed by atoms with E-state index in [1.807, 2.05) is 0 Å². The van der Waals surface area contributed by atoms with Gasteiger partial charge >= 0.3 is 5.97 Å². The van der Waals surface area contributed by atoms with Gasteiger partial charge in [-0.2, -0.15) is 0 Å². The lowest BCUT2D eigenvalue weighted by molar-refractivity contribution is -0.385. The first-order valence-corrected chi connectivity index (χ1v) is 9.09. The molecule has 0 bridgehead atoms. The summed E-state index contributed by atoms with van der Waals surface area (Å²) >= 11 is 3.03. The van der Waals surface area contributed by atoms with Gasteiger partial charge in [-0.25, -0.2) is 13.2 Å². The average molecular weight is 429 g/mol. The molecule has 0 fully saturated rings. The van der Waals surface area contributed by atoms with E-state index in [2.05, 4.69) is 25.4 Å². The molecule has 132 valence electrons. The summed E-state index contributed by atoms with van der Waals surface area (Å²) < 4.78 is 32.3. The summed E-state index contributed by atoms with van der Waals surface area (Å²) in [4.78, 5) is 21.9. The zero-order valence-electron chi connectivity index (χ0n) is 13.1. The Morgan fingerprint density at radius 3 is 2.56 bits per heavy atom. The number of benzene rings is 2. The molecule has 0 radical (unpaired) electrons. The summed E-state index contributed by atoms with van der Waals surface area (Å²) in [5.41, 5.74) is 0.0821. The second kappa shape index (κ2) is 7.19. The summed E-state index contributed by atoms with van der Waals surface area (Å²) in [5, 5.41) is 11.0. The Morgan fingerprint density at radius 1 is 1.28 bits per heavy atom. The smallest absolute Gasteiger partial charge is 0.338 e. The Kier molecular flexibility index (Phi) is 5.43. The predicted molar refractivity (Wildman–Crippen MR) is 94.1 cm³/mol. The lowest BCUT2D eigenvalue weighted by atomic mass is 10.1. The predicted octanol–water partition coefficient (Wildman–Crippen LogP) is 3.25. The van der Waals surface area contributed by atoms with E-state index in [4.69, 9.17) is 0 Å². The van der Waals surface area contributed by atoms with Crippen LogP contribution in [0.4, 0.5) is 11.4 Å². The third-order valence-corrected chi connectivity index (χ3v) is 5.57. The number of carbonyl (C=O) groups is 1. The highest BCUT2D eigenvalue weighted by atomic mass is 79.9. The summed E-state index contributed by atoms with van der Waals surface area (Å²) in [6, 6.07) is 8.04. The Bertz CT molecular complexity index is 958. The fourth-order valence-corrected chi connectivity index (χ4v) is 3.87. The van der Waals surface area contributed by atoms with Crippen molar-refractivity contribution in [2.24, 2.45) is 0 Å². The maximum Gasteiger partial charge on any atom is 0.338 e. The van der Waals surface area contributed by atoms with E-state index in [9.17, 15) is 23.3 Å². The van der Waals surface area contributed by atoms with Crippen molar-refractivity contribution >= 4 is 43.3 Å². The van der Waals surface area contributed by atoms with E-state index in [1.54, 1.807) is 0 Å². The number of anilines is 1. The van der Waals surface area contributed by atoms with Crippen LogP contribution < -0.4 is 4.72 Å². The van der Waals surface area contributed by atoms with Crippen molar-refractivity contribution in [2.75, 3.05) is 11.8 Å². The van der Waals surface area contributed by atoms with Gasteiger partial charge in [0, 0.05) is 6.07 Å². The van der Waals surface area contributed by atoms with E-state index in [0.717, 1.165) is 6.07 Å². The van der Waals surface area contributed by atoms with Crippen molar-refractivity contribution in [3.63, 3.8) is 0 Å². The largest absolute Gasteiger partial charge is 0.465 e. The third kappa shape index (κ3) is 3.97. The van der Waals surface area contributed by atoms with Gasteiger partial charge in [0.05, 0.1) is 32.7 Å². The molecule has 0 amide bonds. The van der Waals surface area contributed by atoms with E-state index < -0.39 is 20.9 Å². The molecule has 8 nitrogen and oxygen atoms in total. The summed E-state index contributed by atoms with van der Waals surface area (Å²) in [6.07, 6.45) is 0. The number of halogens is 1. The van der Waals surface area contributed by atoms with Gasteiger partial charge in [0.15, 0.2) is 0 Å². The van der Waals surface area contributed by atoms with Crippen molar-refractivity contribution in [1.29, 1.82) is 0 Å². The number of nitrogens with zero attached hydrogens (tertiary/aromatic N) is 1. The Morgan fingerprint density at radius 2 is 1.96 bits per heavy atom. The van der Waals surface area contributed by atoms with Crippen LogP contribution in [0.3, 0.4) is 0 Å². The number of nitro groups is 1. The molecule has 0 saturated carbocycles. The van der Waals surface area contributed by atoms with E-state index in [0.29, 0.717) is 0 Å². The number of nitro benzene ring substituents is 1. The van der Waals surface area contributed by atoms with Crippen LogP contribution >= 0.6 is 15.9 Å². The Hall–Kier alpha value is -2.46. The van der Waals surface area contributed by atoms with Crippen LogP contribution in [0.5, 0.6) is 0 Å². The number of esters is 1. The monoisotopic (exact) mass is 428 g/mol. The molecule has 0 heterocycles. The number of nitrogens with one attached hydrogen (secondary N) is 1. The molecule has 0 unspecified atom stereocenters. The van der Waals surface area contributed by atoms with Gasteiger partial charge < -0.3 is 4.74 Å². The minimum absolute atomic E-state index is 0.0257. The number of methoxy groups -OCH3 is 1. The van der Waals surface area contributed by atoms with Gasteiger partial charge in [-0.3, -0.25) is 14.8 Å². The standard InChI is InChI=1S/C15H13BrN2O6S/c1-9-11(15(19)24-2)4-3-5-14(9)25(22,23)17-10-6-7-12(16)13(8-10)18(20)21/h3-8,17H,1-2H3. The minimum Gasteiger partial charge on any atom is -0.465 e. The highest BCUT2D eigenvalue weighted by molar-refractivity contribution is 9.10. The number of ether oxygens (including phenoxy) is 1. The van der Waals surface area contributed by atoms with Crippen LogP contribution in [0.2, 0.25) is 0 Å². The average Bonchev–Trinajstić information content (AvgIpc) is 2.55. The van der Waals surface area contributed by atoms with E-state index in [1.165, 1.54) is 44.4 Å². The maximum absolute atomic E-state index is 12.6. The second-order valence-corrected chi connectivity index (χ2v) is 7.45. The Labute approximate surface area is 152 Å². The Balaban J connectivity index is 2.46. The lowest BCUT2D eigenvalue weighted by Crippen LogP contribution is -2.16. The first-order valence-electron chi connectivity index (χ1n) is 6.82. The number of hydrogen-bond acceptors (Lipinski definition) is 6. The molecule has 0 saturated heterocycles. The highest BCUT2D eigenvalue weighted by Crippen LogP contribution is 2.29. The fraction of sp³-hybridized carbons (Fsp3) is 0.133. The first-order chi connectivity index (χ1) is 11.7. The zero-order chi connectivity index (χ0) is 18.8. The van der Waals surface area contributed by atoms with Gasteiger partial charge in [0.25, 0.3) is 15.7 Å². The third-order valence-electron chi connectivity index (χ3n) is 3.37. The van der Waals surface area contributed by atoms with Crippen molar-refractivity contribution in [2.45, 2.75) is 11.8 Å². The lowest BCUT2D eigenvalue weighted by Gasteiger charge is -2.12. The van der Waals surface area contributed by atoms with Gasteiger partial charge in [-0.05, 0) is 52.7 Å². The maximum atomic E-state index is 12.6. The van der Waals surface area contributed by atoms with Crippen LogP contribution in [0, 0.1) is 17.0 Å². The molecule has 10 heteroatoms. The summed E-state index contributed by atoms with van der Waals surface area (Å²) in [6.45, 7) is 1.48. The highest BCUT2D eigenvalue weighted by Gasteiger charge is 2.22. The quantitative estimate of drug-likeness (QED) is 0.443. The van der Waals surface area contributed by atoms with Gasteiger partial charge in [-0.1, -0.05) is 6.07 Å². The van der Waals surface area contributed by atoms with Crippen LogP contribution in [0.1, 0.15) is 15.9 Å². The topological polar surface area (TPSA) is 116 Å². The summed E-state index contributed by atoms with van der Waals surface area (Å²) in [5.74, 6) is -0.658. The van der Waals surface area contributed by atoms with Crippen LogP contribution in [-0.4, -0.2) is 26.4 Å². The molecular formula is C15H13BrN2O6S.